The fourth-order valence-electron chi connectivity index (χ4n) is 3.17. The molecule has 1 atom stereocenters. The molecule has 0 radical (unpaired) electrons. The fourth-order valence-corrected chi connectivity index (χ4v) is 4.39. The molecule has 3 rings (SSSR count). The van der Waals surface area contributed by atoms with Gasteiger partial charge in [0.1, 0.15) is 12.6 Å². The number of sulfonamides is 1. The number of amides is 1. The van der Waals surface area contributed by atoms with Gasteiger partial charge in [0.15, 0.2) is 0 Å². The average molecular weight is 402 g/mol. The van der Waals surface area contributed by atoms with E-state index in [0.717, 1.165) is 11.1 Å². The molecule has 1 heterocycles. The van der Waals surface area contributed by atoms with Crippen LogP contribution in [0, 0.1) is 0 Å². The van der Waals surface area contributed by atoms with Crippen molar-refractivity contribution >= 4 is 21.9 Å². The Morgan fingerprint density at radius 2 is 1.75 bits per heavy atom. The molecule has 2 aromatic rings. The number of primary amides is 1. The van der Waals surface area contributed by atoms with Gasteiger partial charge in [-0.25, -0.2) is 8.42 Å². The molecule has 0 unspecified atom stereocenters. The molecule has 1 aliphatic rings. The molecular weight excluding hydrogens is 380 g/mol. The van der Waals surface area contributed by atoms with Gasteiger partial charge in [-0.1, -0.05) is 36.4 Å². The number of rotatable bonds is 6. The Balaban J connectivity index is 1.77. The van der Waals surface area contributed by atoms with E-state index in [9.17, 15) is 18.0 Å². The lowest BCUT2D eigenvalue weighted by Crippen LogP contribution is -2.49. The number of nitrogens with two attached hydrogens (primary N) is 1. The third-order valence-electron chi connectivity index (χ3n) is 4.82. The van der Waals surface area contributed by atoms with Crippen LogP contribution in [0.4, 0.5) is 0 Å². The summed E-state index contributed by atoms with van der Waals surface area (Å²) in [6.07, 6.45) is 0.273. The zero-order valence-electron chi connectivity index (χ0n) is 15.5. The van der Waals surface area contributed by atoms with Crippen LogP contribution in [-0.4, -0.2) is 36.4 Å². The molecule has 0 saturated carbocycles. The summed E-state index contributed by atoms with van der Waals surface area (Å²) in [6, 6.07) is 13.0. The molecule has 2 aromatic carbocycles. The predicted molar refractivity (Wildman–Crippen MR) is 104 cm³/mol. The van der Waals surface area contributed by atoms with Crippen molar-refractivity contribution in [2.75, 3.05) is 5.75 Å². The molecule has 0 fully saturated rings. The number of benzene rings is 2. The number of esters is 1. The minimum atomic E-state index is -3.58. The molecule has 8 heteroatoms. The van der Waals surface area contributed by atoms with Crippen molar-refractivity contribution in [2.24, 2.45) is 5.73 Å². The molecule has 2 N–H and O–H groups in total. The van der Waals surface area contributed by atoms with Crippen molar-refractivity contribution in [1.29, 1.82) is 0 Å². The summed E-state index contributed by atoms with van der Waals surface area (Å²) in [5.41, 5.74) is 8.08. The van der Waals surface area contributed by atoms with Crippen LogP contribution in [0.5, 0.6) is 0 Å². The summed E-state index contributed by atoms with van der Waals surface area (Å²) in [5.74, 6) is -1.22. The number of nitrogens with zero attached hydrogens (tertiary/aromatic N) is 1. The van der Waals surface area contributed by atoms with Crippen molar-refractivity contribution in [1.82, 2.24) is 4.31 Å². The summed E-state index contributed by atoms with van der Waals surface area (Å²) in [5, 5.41) is 0. The van der Waals surface area contributed by atoms with Crippen LogP contribution in [0.1, 0.15) is 34.0 Å². The molecule has 28 heavy (non-hydrogen) atoms. The zero-order chi connectivity index (χ0) is 20.3. The Kier molecular flexibility index (Phi) is 5.81. The third-order valence-corrected chi connectivity index (χ3v) is 6.65. The highest BCUT2D eigenvalue weighted by molar-refractivity contribution is 7.89. The van der Waals surface area contributed by atoms with E-state index in [4.69, 9.17) is 10.5 Å². The molecular formula is C20H22N2O5S. The number of hydrogen-bond donors (Lipinski definition) is 1. The molecule has 7 nitrogen and oxygen atoms in total. The maximum atomic E-state index is 12.7. The quantitative estimate of drug-likeness (QED) is 0.739. The van der Waals surface area contributed by atoms with E-state index >= 15 is 0 Å². The van der Waals surface area contributed by atoms with Crippen molar-refractivity contribution in [2.45, 2.75) is 32.5 Å². The highest BCUT2D eigenvalue weighted by atomic mass is 32.2. The Morgan fingerprint density at radius 3 is 2.36 bits per heavy atom. The first-order valence-corrected chi connectivity index (χ1v) is 10.5. The Hall–Kier alpha value is -2.71. The predicted octanol–water partition coefficient (Wildman–Crippen LogP) is 1.61. The normalized spacial score (nSPS) is 17.0. The first-order chi connectivity index (χ1) is 13.3. The van der Waals surface area contributed by atoms with E-state index in [1.807, 2.05) is 24.3 Å². The van der Waals surface area contributed by atoms with Crippen LogP contribution in [0.2, 0.25) is 0 Å². The standard InChI is InChI=1S/C20H22N2O5S/c1-2-28(25,26)22-12-17-6-4-3-5-16(17)11-18(22)20(24)27-13-14-7-9-15(10-8-14)19(21)23/h3-10,18H,2,11-13H2,1H3,(H2,21,23)/t18-/m1/s1. The van der Waals surface area contributed by atoms with Gasteiger partial charge in [0.25, 0.3) is 0 Å². The Bertz CT molecular complexity index is 986. The van der Waals surface area contributed by atoms with E-state index in [1.165, 1.54) is 4.31 Å². The minimum Gasteiger partial charge on any atom is -0.460 e. The van der Waals surface area contributed by atoms with Crippen molar-refractivity contribution in [3.63, 3.8) is 0 Å². The molecule has 0 bridgehead atoms. The van der Waals surface area contributed by atoms with Crippen molar-refractivity contribution < 1.29 is 22.7 Å². The number of carbonyl (C=O) groups excluding carboxylic acids is 2. The third kappa shape index (κ3) is 4.23. The number of carbonyl (C=O) groups is 2. The summed E-state index contributed by atoms with van der Waals surface area (Å²) >= 11 is 0. The van der Waals surface area contributed by atoms with Crippen LogP contribution in [0.25, 0.3) is 0 Å². The number of fused-ring (bicyclic) bond motifs is 1. The summed E-state index contributed by atoms with van der Waals surface area (Å²) < 4.78 is 31.7. The lowest BCUT2D eigenvalue weighted by molar-refractivity contribution is -0.150. The maximum Gasteiger partial charge on any atom is 0.325 e. The van der Waals surface area contributed by atoms with E-state index in [1.54, 1.807) is 31.2 Å². The Labute approximate surface area is 164 Å². The molecule has 0 aliphatic carbocycles. The highest BCUT2D eigenvalue weighted by Crippen LogP contribution is 2.27. The van der Waals surface area contributed by atoms with E-state index in [-0.39, 0.29) is 25.3 Å². The minimum absolute atomic E-state index is 0.0178. The van der Waals surface area contributed by atoms with Crippen LogP contribution in [-0.2, 0) is 39.1 Å². The lowest BCUT2D eigenvalue weighted by Gasteiger charge is -2.34. The van der Waals surface area contributed by atoms with Crippen LogP contribution in [0.3, 0.4) is 0 Å². The van der Waals surface area contributed by atoms with E-state index in [2.05, 4.69) is 0 Å². The highest BCUT2D eigenvalue weighted by Gasteiger charge is 2.38. The lowest BCUT2D eigenvalue weighted by atomic mass is 9.96. The van der Waals surface area contributed by atoms with Gasteiger partial charge in [-0.2, -0.15) is 4.31 Å². The summed E-state index contributed by atoms with van der Waals surface area (Å²) in [7, 11) is -3.58. The van der Waals surface area contributed by atoms with Crippen molar-refractivity contribution in [3.05, 3.63) is 70.8 Å². The summed E-state index contributed by atoms with van der Waals surface area (Å²) in [4.78, 5) is 23.8. The second kappa shape index (κ2) is 8.12. The van der Waals surface area contributed by atoms with Gasteiger partial charge >= 0.3 is 5.97 Å². The van der Waals surface area contributed by atoms with Gasteiger partial charge in [-0.05, 0) is 35.7 Å². The van der Waals surface area contributed by atoms with Gasteiger partial charge in [0.2, 0.25) is 15.9 Å². The molecule has 148 valence electrons. The SMILES string of the molecule is CCS(=O)(=O)N1Cc2ccccc2C[C@@H]1C(=O)OCc1ccc(C(N)=O)cc1. The second-order valence-electron chi connectivity index (χ2n) is 6.60. The largest absolute Gasteiger partial charge is 0.460 e. The molecule has 0 saturated heterocycles. The Morgan fingerprint density at radius 1 is 1.11 bits per heavy atom. The fraction of sp³-hybridized carbons (Fsp3) is 0.300. The van der Waals surface area contributed by atoms with Crippen molar-refractivity contribution in [3.8, 4) is 0 Å². The number of hydrogen-bond acceptors (Lipinski definition) is 5. The smallest absolute Gasteiger partial charge is 0.325 e. The van der Waals surface area contributed by atoms with Crippen LogP contribution < -0.4 is 5.73 Å². The first-order valence-electron chi connectivity index (χ1n) is 8.93. The zero-order valence-corrected chi connectivity index (χ0v) is 16.3. The van der Waals surface area contributed by atoms with Gasteiger partial charge < -0.3 is 10.5 Å². The van der Waals surface area contributed by atoms with E-state index in [0.29, 0.717) is 11.1 Å². The molecule has 1 amide bonds. The maximum absolute atomic E-state index is 12.7. The van der Waals surface area contributed by atoms with Gasteiger partial charge in [0.05, 0.1) is 5.75 Å². The topological polar surface area (TPSA) is 107 Å². The summed E-state index contributed by atoms with van der Waals surface area (Å²) in [6.45, 7) is 1.69. The van der Waals surface area contributed by atoms with E-state index < -0.39 is 27.9 Å². The first kappa shape index (κ1) is 20.0. The van der Waals surface area contributed by atoms with Gasteiger partial charge in [0, 0.05) is 18.5 Å². The second-order valence-corrected chi connectivity index (χ2v) is 8.81. The van der Waals surface area contributed by atoms with Crippen LogP contribution in [0.15, 0.2) is 48.5 Å². The number of ether oxygens (including phenoxy) is 1. The molecule has 0 spiro atoms. The molecule has 0 aromatic heterocycles. The van der Waals surface area contributed by atoms with Crippen LogP contribution >= 0.6 is 0 Å². The van der Waals surface area contributed by atoms with Gasteiger partial charge in [-0.15, -0.1) is 0 Å². The average Bonchev–Trinajstić information content (AvgIpc) is 2.71. The van der Waals surface area contributed by atoms with Gasteiger partial charge in [-0.3, -0.25) is 9.59 Å². The monoisotopic (exact) mass is 402 g/mol. The molecule has 1 aliphatic heterocycles.